The molecule has 2 saturated carbocycles. The van der Waals surface area contributed by atoms with Gasteiger partial charge in [-0.2, -0.15) is 57.1 Å². The monoisotopic (exact) mass is 456 g/mol. The van der Waals surface area contributed by atoms with Crippen molar-refractivity contribution in [2.45, 2.75) is 73.7 Å². The van der Waals surface area contributed by atoms with Gasteiger partial charge in [0, 0.05) is 6.42 Å². The van der Waals surface area contributed by atoms with Crippen molar-refractivity contribution in [3.05, 3.63) is 0 Å². The highest BCUT2D eigenvalue weighted by molar-refractivity contribution is 5.12. The van der Waals surface area contributed by atoms with E-state index in [9.17, 15) is 57.1 Å². The van der Waals surface area contributed by atoms with Gasteiger partial charge in [-0.25, -0.2) is 0 Å². The molecule has 1 saturated heterocycles. The van der Waals surface area contributed by atoms with Crippen LogP contribution in [0.2, 0.25) is 0 Å². The normalized spacial score (nSPS) is 33.2. The molecule has 0 aromatic rings. The maximum atomic E-state index is 13.8. The summed E-state index contributed by atoms with van der Waals surface area (Å²) in [6, 6.07) is 0. The van der Waals surface area contributed by atoms with Crippen LogP contribution in [0.15, 0.2) is 0 Å². The number of halogens is 13. The predicted molar refractivity (Wildman–Crippen MR) is 68.4 cm³/mol. The average molecular weight is 456 g/mol. The van der Waals surface area contributed by atoms with Gasteiger partial charge in [0.2, 0.25) is 0 Å². The highest BCUT2D eigenvalue weighted by atomic mass is 19.4. The molecule has 0 aromatic carbocycles. The maximum absolute atomic E-state index is 13.8. The fourth-order valence-corrected chi connectivity index (χ4v) is 4.39. The van der Waals surface area contributed by atoms with E-state index in [-0.39, 0.29) is 30.5 Å². The lowest BCUT2D eigenvalue weighted by Gasteiger charge is -2.40. The van der Waals surface area contributed by atoms with Crippen LogP contribution in [0.25, 0.3) is 0 Å². The third kappa shape index (κ3) is 2.93. The molecular weight excluding hydrogens is 443 g/mol. The largest absolute Gasteiger partial charge is 0.460 e. The van der Waals surface area contributed by atoms with E-state index in [0.717, 1.165) is 0 Å². The molecule has 3 rings (SSSR count). The molecule has 0 amide bonds. The molecule has 0 spiro atoms. The zero-order valence-electron chi connectivity index (χ0n) is 14.0. The first-order valence-electron chi connectivity index (χ1n) is 8.41. The number of rotatable bonds is 7. The molecule has 3 fully saturated rings. The van der Waals surface area contributed by atoms with Crippen LogP contribution in [-0.2, 0) is 4.74 Å². The minimum atomic E-state index is -7.83. The Morgan fingerprint density at radius 2 is 1.14 bits per heavy atom. The summed E-state index contributed by atoms with van der Waals surface area (Å²) in [5.41, 5.74) is 0. The molecule has 5 atom stereocenters. The topological polar surface area (TPSA) is 12.5 Å². The molecular formula is C15H13F13O. The number of fused-ring (bicyclic) bond motifs is 5. The first kappa shape index (κ1) is 22.7. The molecule has 29 heavy (non-hydrogen) atoms. The fourth-order valence-electron chi connectivity index (χ4n) is 4.39. The van der Waals surface area contributed by atoms with Crippen molar-refractivity contribution in [3.8, 4) is 0 Å². The van der Waals surface area contributed by atoms with Gasteiger partial charge in [0.25, 0.3) is 0 Å². The van der Waals surface area contributed by atoms with Crippen LogP contribution in [0, 0.1) is 17.8 Å². The number of epoxide rings is 1. The quantitative estimate of drug-likeness (QED) is 0.342. The van der Waals surface area contributed by atoms with Gasteiger partial charge in [-0.15, -0.1) is 0 Å². The standard InChI is InChI=1S/C15H13F13O/c16-10(17,2-1-5-3-6-4-7(5)9-8(6)29-9)11(18,19)12(20,21)13(22,23)14(24,25)15(26,27)28/h5-9H,1-4H2. The highest BCUT2D eigenvalue weighted by Crippen LogP contribution is 2.63. The fraction of sp³-hybridized carbons (Fsp3) is 1.00. The first-order valence-corrected chi connectivity index (χ1v) is 8.41. The molecule has 1 heterocycles. The minimum absolute atomic E-state index is 0.0274. The first-order chi connectivity index (χ1) is 12.8. The lowest BCUT2D eigenvalue weighted by molar-refractivity contribution is -0.440. The van der Waals surface area contributed by atoms with Crippen LogP contribution < -0.4 is 0 Å². The highest BCUT2D eigenvalue weighted by Gasteiger charge is 2.90. The lowest BCUT2D eigenvalue weighted by atomic mass is 9.83. The molecule has 2 bridgehead atoms. The zero-order chi connectivity index (χ0) is 22.4. The van der Waals surface area contributed by atoms with E-state index in [2.05, 4.69) is 0 Å². The molecule has 14 heteroatoms. The van der Waals surface area contributed by atoms with Crippen molar-refractivity contribution in [2.75, 3.05) is 0 Å². The SMILES string of the molecule is FC(F)(F)C(F)(F)C(F)(F)C(F)(F)C(F)(F)C(F)(F)CCC1CC2CC1C1OC21. The summed E-state index contributed by atoms with van der Waals surface area (Å²) < 4.78 is 175. The van der Waals surface area contributed by atoms with E-state index < -0.39 is 54.5 Å². The van der Waals surface area contributed by atoms with Crippen LogP contribution in [0.3, 0.4) is 0 Å². The second kappa shape index (κ2) is 6.06. The van der Waals surface area contributed by atoms with Crippen LogP contribution in [0.5, 0.6) is 0 Å². The minimum Gasteiger partial charge on any atom is -0.369 e. The Morgan fingerprint density at radius 1 is 0.621 bits per heavy atom. The van der Waals surface area contributed by atoms with Gasteiger partial charge in [-0.3, -0.25) is 0 Å². The van der Waals surface area contributed by atoms with Crippen LogP contribution in [-0.4, -0.2) is 48.0 Å². The van der Waals surface area contributed by atoms with E-state index in [4.69, 9.17) is 4.74 Å². The number of hydrogen-bond donors (Lipinski definition) is 0. The van der Waals surface area contributed by atoms with E-state index in [1.807, 2.05) is 0 Å². The molecule has 1 nitrogen and oxygen atoms in total. The second-order valence-electron chi connectivity index (χ2n) is 7.76. The van der Waals surface area contributed by atoms with Gasteiger partial charge in [0.15, 0.2) is 0 Å². The maximum Gasteiger partial charge on any atom is 0.460 e. The smallest absolute Gasteiger partial charge is 0.369 e. The van der Waals surface area contributed by atoms with Crippen LogP contribution >= 0.6 is 0 Å². The summed E-state index contributed by atoms with van der Waals surface area (Å²) in [5.74, 6) is -37.3. The van der Waals surface area contributed by atoms with E-state index in [1.54, 1.807) is 0 Å². The van der Waals surface area contributed by atoms with Crippen molar-refractivity contribution in [3.63, 3.8) is 0 Å². The summed E-state index contributed by atoms with van der Waals surface area (Å²) in [4.78, 5) is 0. The van der Waals surface area contributed by atoms with Crippen molar-refractivity contribution in [1.29, 1.82) is 0 Å². The van der Waals surface area contributed by atoms with E-state index in [1.165, 1.54) is 0 Å². The average Bonchev–Trinajstić information content (AvgIpc) is 3.16. The Labute approximate surface area is 154 Å². The van der Waals surface area contributed by atoms with E-state index in [0.29, 0.717) is 6.42 Å². The Balaban J connectivity index is 1.77. The van der Waals surface area contributed by atoms with Gasteiger partial charge < -0.3 is 4.74 Å². The molecule has 2 aliphatic carbocycles. The Bertz CT molecular complexity index is 655. The molecule has 1 aliphatic heterocycles. The molecule has 0 radical (unpaired) electrons. The molecule has 3 aliphatic rings. The summed E-state index contributed by atoms with van der Waals surface area (Å²) >= 11 is 0. The number of alkyl halides is 13. The Morgan fingerprint density at radius 3 is 1.59 bits per heavy atom. The van der Waals surface area contributed by atoms with Crippen LogP contribution in [0.1, 0.15) is 25.7 Å². The predicted octanol–water partition coefficient (Wildman–Crippen LogP) is 5.93. The van der Waals surface area contributed by atoms with Gasteiger partial charge in [0.1, 0.15) is 0 Å². The molecule has 0 N–H and O–H groups in total. The van der Waals surface area contributed by atoms with E-state index >= 15 is 0 Å². The Kier molecular flexibility index (Phi) is 4.75. The summed E-state index contributed by atoms with van der Waals surface area (Å²) in [6.45, 7) is 0. The van der Waals surface area contributed by atoms with Gasteiger partial charge in [0.05, 0.1) is 12.2 Å². The van der Waals surface area contributed by atoms with Gasteiger partial charge >= 0.3 is 35.8 Å². The van der Waals surface area contributed by atoms with Crippen molar-refractivity contribution in [2.24, 2.45) is 17.8 Å². The molecule has 170 valence electrons. The summed E-state index contributed by atoms with van der Waals surface area (Å²) in [7, 11) is 0. The second-order valence-corrected chi connectivity index (χ2v) is 7.76. The van der Waals surface area contributed by atoms with Crippen LogP contribution in [0.4, 0.5) is 57.1 Å². The third-order valence-corrected chi connectivity index (χ3v) is 6.06. The lowest BCUT2D eigenvalue weighted by Crippen LogP contribution is -2.70. The zero-order valence-corrected chi connectivity index (χ0v) is 14.0. The van der Waals surface area contributed by atoms with Crippen molar-refractivity contribution < 1.29 is 61.8 Å². The van der Waals surface area contributed by atoms with Crippen molar-refractivity contribution in [1.82, 2.24) is 0 Å². The van der Waals surface area contributed by atoms with Crippen molar-refractivity contribution >= 4 is 0 Å². The summed E-state index contributed by atoms with van der Waals surface area (Å²) in [5, 5.41) is 0. The Hall–Kier alpha value is -0.950. The summed E-state index contributed by atoms with van der Waals surface area (Å²) in [6.07, 6.45) is -9.85. The molecule has 5 unspecified atom stereocenters. The third-order valence-electron chi connectivity index (χ3n) is 6.06. The number of hydrogen-bond acceptors (Lipinski definition) is 1. The number of ether oxygens (including phenoxy) is 1. The van der Waals surface area contributed by atoms with Gasteiger partial charge in [-0.05, 0) is 37.0 Å². The van der Waals surface area contributed by atoms with Gasteiger partial charge in [-0.1, -0.05) is 0 Å². The molecule has 0 aromatic heterocycles.